The SMILES string of the molecule is N#Cc1ccc2c3ccc4c(c5ccccc5n4-c4ccccc4)c3n(-c3ccc(-c4cc(-c5ccccc5)cc(-c5ccccc5)n4)cc3)c2c1. The van der Waals surface area contributed by atoms with Crippen LogP contribution < -0.4 is 0 Å². The van der Waals surface area contributed by atoms with Crippen LogP contribution in [0.15, 0.2) is 182 Å². The van der Waals surface area contributed by atoms with Crippen LogP contribution in [0.4, 0.5) is 0 Å². The molecule has 0 fully saturated rings. The Bertz CT molecular complexity index is 2930. The van der Waals surface area contributed by atoms with Crippen molar-refractivity contribution in [3.05, 3.63) is 188 Å². The summed E-state index contributed by atoms with van der Waals surface area (Å²) in [6, 6.07) is 66.0. The van der Waals surface area contributed by atoms with E-state index < -0.39 is 0 Å². The van der Waals surface area contributed by atoms with Gasteiger partial charge in [-0.05, 0) is 71.8 Å². The van der Waals surface area contributed by atoms with E-state index in [2.05, 4.69) is 173 Å². The Labute approximate surface area is 300 Å². The molecule has 3 heterocycles. The number of hydrogen-bond donors (Lipinski definition) is 0. The predicted molar refractivity (Wildman–Crippen MR) is 214 cm³/mol. The van der Waals surface area contributed by atoms with Gasteiger partial charge >= 0.3 is 0 Å². The summed E-state index contributed by atoms with van der Waals surface area (Å²) in [5, 5.41) is 14.6. The summed E-state index contributed by atoms with van der Waals surface area (Å²) < 4.78 is 4.69. The fourth-order valence-electron chi connectivity index (χ4n) is 7.76. The molecule has 0 spiro atoms. The number of aromatic nitrogens is 3. The molecular weight excluding hydrogens is 633 g/mol. The maximum atomic E-state index is 9.98. The van der Waals surface area contributed by atoms with Crippen molar-refractivity contribution >= 4 is 43.6 Å². The number of fused-ring (bicyclic) bond motifs is 7. The highest BCUT2D eigenvalue weighted by Crippen LogP contribution is 2.42. The predicted octanol–water partition coefficient (Wildman–Crippen LogP) is 12.1. The average Bonchev–Trinajstić information content (AvgIpc) is 3.74. The van der Waals surface area contributed by atoms with Gasteiger partial charge in [0.15, 0.2) is 0 Å². The topological polar surface area (TPSA) is 46.5 Å². The van der Waals surface area contributed by atoms with E-state index in [0.29, 0.717) is 5.56 Å². The zero-order chi connectivity index (χ0) is 34.6. The number of benzene rings is 7. The van der Waals surface area contributed by atoms with Crippen molar-refractivity contribution in [1.82, 2.24) is 14.1 Å². The van der Waals surface area contributed by atoms with Crippen LogP contribution in [0.2, 0.25) is 0 Å². The minimum absolute atomic E-state index is 0.631. The van der Waals surface area contributed by atoms with Crippen LogP contribution in [-0.4, -0.2) is 14.1 Å². The van der Waals surface area contributed by atoms with Crippen molar-refractivity contribution in [2.45, 2.75) is 0 Å². The van der Waals surface area contributed by atoms with Gasteiger partial charge in [-0.25, -0.2) is 4.98 Å². The number of pyridine rings is 1. The second kappa shape index (κ2) is 12.0. The molecule has 0 aliphatic heterocycles. The summed E-state index contributed by atoms with van der Waals surface area (Å²) in [5.74, 6) is 0. The van der Waals surface area contributed by atoms with E-state index in [1.165, 1.54) is 10.8 Å². The molecule has 0 bridgehead atoms. The summed E-state index contributed by atoms with van der Waals surface area (Å²) in [6.45, 7) is 0. The van der Waals surface area contributed by atoms with Crippen LogP contribution in [0.25, 0.3) is 88.6 Å². The molecule has 4 nitrogen and oxygen atoms in total. The number of nitrogens with zero attached hydrogens (tertiary/aromatic N) is 4. The molecule has 0 aliphatic rings. The van der Waals surface area contributed by atoms with Gasteiger partial charge in [-0.1, -0.05) is 121 Å². The van der Waals surface area contributed by atoms with Crippen molar-refractivity contribution in [1.29, 1.82) is 5.26 Å². The summed E-state index contributed by atoms with van der Waals surface area (Å²) in [6.07, 6.45) is 0. The largest absolute Gasteiger partial charge is 0.309 e. The van der Waals surface area contributed by atoms with E-state index >= 15 is 0 Å². The van der Waals surface area contributed by atoms with Gasteiger partial charge in [-0.2, -0.15) is 5.26 Å². The molecular formula is C48H30N4. The Kier molecular flexibility index (Phi) is 6.84. The van der Waals surface area contributed by atoms with Crippen LogP contribution in [0.5, 0.6) is 0 Å². The second-order valence-corrected chi connectivity index (χ2v) is 13.1. The Morgan fingerprint density at radius 2 is 1.00 bits per heavy atom. The third kappa shape index (κ3) is 4.72. The van der Waals surface area contributed by atoms with Gasteiger partial charge in [0.05, 0.1) is 45.1 Å². The van der Waals surface area contributed by atoms with Crippen LogP contribution in [0.1, 0.15) is 5.56 Å². The summed E-state index contributed by atoms with van der Waals surface area (Å²) in [7, 11) is 0. The van der Waals surface area contributed by atoms with Crippen LogP contribution in [0, 0.1) is 11.3 Å². The van der Waals surface area contributed by atoms with Gasteiger partial charge in [0.2, 0.25) is 0 Å². The summed E-state index contributed by atoms with van der Waals surface area (Å²) in [4.78, 5) is 5.18. The average molecular weight is 663 g/mol. The van der Waals surface area contributed by atoms with Crippen LogP contribution >= 0.6 is 0 Å². The van der Waals surface area contributed by atoms with Crippen molar-refractivity contribution < 1.29 is 0 Å². The molecule has 0 amide bonds. The van der Waals surface area contributed by atoms with E-state index in [1.54, 1.807) is 0 Å². The highest BCUT2D eigenvalue weighted by Gasteiger charge is 2.21. The second-order valence-electron chi connectivity index (χ2n) is 13.1. The molecule has 0 saturated carbocycles. The van der Waals surface area contributed by atoms with Crippen molar-refractivity contribution in [3.63, 3.8) is 0 Å². The van der Waals surface area contributed by atoms with E-state index in [1.807, 2.05) is 24.3 Å². The minimum Gasteiger partial charge on any atom is -0.309 e. The molecule has 242 valence electrons. The molecule has 0 radical (unpaired) electrons. The Hall–Kier alpha value is -7.22. The number of rotatable bonds is 5. The monoisotopic (exact) mass is 662 g/mol. The molecule has 10 aromatic rings. The molecule has 0 atom stereocenters. The fourth-order valence-corrected chi connectivity index (χ4v) is 7.76. The lowest BCUT2D eigenvalue weighted by atomic mass is 10.00. The quantitative estimate of drug-likeness (QED) is 0.184. The number of hydrogen-bond acceptors (Lipinski definition) is 2. The summed E-state index contributed by atoms with van der Waals surface area (Å²) in [5.41, 5.74) is 13.4. The molecule has 0 saturated heterocycles. The highest BCUT2D eigenvalue weighted by atomic mass is 15.0. The maximum absolute atomic E-state index is 9.98. The van der Waals surface area contributed by atoms with Crippen LogP contribution in [-0.2, 0) is 0 Å². The van der Waals surface area contributed by atoms with Crippen molar-refractivity contribution in [3.8, 4) is 51.1 Å². The molecule has 7 aromatic carbocycles. The lowest BCUT2D eigenvalue weighted by Crippen LogP contribution is -1.96. The third-order valence-corrected chi connectivity index (χ3v) is 10.1. The molecule has 0 aliphatic carbocycles. The Morgan fingerprint density at radius 3 is 1.71 bits per heavy atom. The fraction of sp³-hybridized carbons (Fsp3) is 0. The highest BCUT2D eigenvalue weighted by molar-refractivity contribution is 6.26. The Balaban J connectivity index is 1.22. The molecule has 0 unspecified atom stereocenters. The first-order chi connectivity index (χ1) is 25.7. The first kappa shape index (κ1) is 29.7. The number of nitriles is 1. The van der Waals surface area contributed by atoms with Gasteiger partial charge in [0.1, 0.15) is 0 Å². The third-order valence-electron chi connectivity index (χ3n) is 10.1. The lowest BCUT2D eigenvalue weighted by molar-refractivity contribution is 1.17. The Morgan fingerprint density at radius 1 is 0.404 bits per heavy atom. The van der Waals surface area contributed by atoms with Gasteiger partial charge in [0.25, 0.3) is 0 Å². The maximum Gasteiger partial charge on any atom is 0.0992 e. The normalized spacial score (nSPS) is 11.4. The minimum atomic E-state index is 0.631. The van der Waals surface area contributed by atoms with E-state index in [9.17, 15) is 5.26 Å². The van der Waals surface area contributed by atoms with Gasteiger partial charge in [-0.3, -0.25) is 0 Å². The molecule has 52 heavy (non-hydrogen) atoms. The van der Waals surface area contributed by atoms with Gasteiger partial charge < -0.3 is 9.13 Å². The molecule has 0 N–H and O–H groups in total. The number of para-hydroxylation sites is 2. The smallest absolute Gasteiger partial charge is 0.0992 e. The van der Waals surface area contributed by atoms with Gasteiger partial charge in [-0.15, -0.1) is 0 Å². The summed E-state index contributed by atoms with van der Waals surface area (Å²) >= 11 is 0. The van der Waals surface area contributed by atoms with E-state index in [4.69, 9.17) is 4.98 Å². The van der Waals surface area contributed by atoms with E-state index in [0.717, 1.165) is 77.9 Å². The van der Waals surface area contributed by atoms with Crippen molar-refractivity contribution in [2.24, 2.45) is 0 Å². The lowest BCUT2D eigenvalue weighted by Gasteiger charge is -2.13. The van der Waals surface area contributed by atoms with Crippen molar-refractivity contribution in [2.75, 3.05) is 0 Å². The zero-order valence-corrected chi connectivity index (χ0v) is 28.1. The zero-order valence-electron chi connectivity index (χ0n) is 28.1. The van der Waals surface area contributed by atoms with Gasteiger partial charge in [0, 0.05) is 44.0 Å². The standard InChI is InChI=1S/C48H30N4/c49-31-32-20-25-39-40-26-27-45-47(41-18-10-11-19-44(41)51(45)37-16-8-3-9-17-37)48(40)52(46(39)28-32)38-23-21-35(22-24-38)43-30-36(33-12-4-1-5-13-33)29-42(50-43)34-14-6-2-7-15-34/h1-30H. The molecule has 4 heteroatoms. The first-order valence-corrected chi connectivity index (χ1v) is 17.4. The van der Waals surface area contributed by atoms with Crippen LogP contribution in [0.3, 0.4) is 0 Å². The first-order valence-electron chi connectivity index (χ1n) is 17.4. The molecule has 10 rings (SSSR count). The molecule has 3 aromatic heterocycles. The van der Waals surface area contributed by atoms with E-state index in [-0.39, 0.29) is 0 Å².